The number of carbonyl (C=O) groups is 2. The van der Waals surface area contributed by atoms with Gasteiger partial charge >= 0.3 is 0 Å². The minimum atomic E-state index is -0.912. The van der Waals surface area contributed by atoms with Crippen LogP contribution in [0.25, 0.3) is 0 Å². The minimum Gasteiger partial charge on any atom is -0.326 e. The van der Waals surface area contributed by atoms with Crippen LogP contribution in [0.5, 0.6) is 0 Å². The van der Waals surface area contributed by atoms with Crippen LogP contribution in [0.4, 0.5) is 11.4 Å². The summed E-state index contributed by atoms with van der Waals surface area (Å²) in [6.45, 7) is 4.23. The van der Waals surface area contributed by atoms with E-state index >= 15 is 0 Å². The van der Waals surface area contributed by atoms with Gasteiger partial charge in [-0.15, -0.1) is 23.2 Å². The molecule has 2 saturated carbocycles. The molecule has 0 spiro atoms. The molecule has 4 rings (SSSR count). The predicted octanol–water partition coefficient (Wildman–Crippen LogP) is 5.39. The first-order valence-electron chi connectivity index (χ1n) is 9.81. The van der Waals surface area contributed by atoms with Gasteiger partial charge in [-0.1, -0.05) is 38.1 Å². The maximum absolute atomic E-state index is 12.2. The fourth-order valence-corrected chi connectivity index (χ4v) is 4.03. The van der Waals surface area contributed by atoms with Crippen molar-refractivity contribution in [3.05, 3.63) is 59.7 Å². The molecule has 0 bridgehead atoms. The average Bonchev–Trinajstić information content (AvgIpc) is 3.52. The molecule has 152 valence electrons. The van der Waals surface area contributed by atoms with Crippen LogP contribution < -0.4 is 10.6 Å². The summed E-state index contributed by atoms with van der Waals surface area (Å²) in [4.78, 5) is 24.2. The Morgan fingerprint density at radius 3 is 1.55 bits per heavy atom. The molecule has 0 heterocycles. The van der Waals surface area contributed by atoms with Gasteiger partial charge in [-0.2, -0.15) is 0 Å². The van der Waals surface area contributed by atoms with Crippen molar-refractivity contribution < 1.29 is 9.59 Å². The van der Waals surface area contributed by atoms with E-state index in [-0.39, 0.29) is 29.1 Å². The van der Waals surface area contributed by atoms with Gasteiger partial charge in [-0.3, -0.25) is 9.59 Å². The Hall–Kier alpha value is -2.04. The van der Waals surface area contributed by atoms with Crippen molar-refractivity contribution in [2.24, 2.45) is 17.3 Å². The van der Waals surface area contributed by atoms with Crippen molar-refractivity contribution >= 4 is 46.4 Å². The first-order valence-corrected chi connectivity index (χ1v) is 10.6. The predicted molar refractivity (Wildman–Crippen MR) is 117 cm³/mol. The molecule has 6 heteroatoms. The highest BCUT2D eigenvalue weighted by Crippen LogP contribution is 2.53. The molecule has 2 atom stereocenters. The second-order valence-electron chi connectivity index (χ2n) is 8.81. The van der Waals surface area contributed by atoms with Gasteiger partial charge < -0.3 is 10.6 Å². The van der Waals surface area contributed by atoms with Crippen LogP contribution in [0.3, 0.4) is 0 Å². The fourth-order valence-electron chi connectivity index (χ4n) is 3.52. The lowest BCUT2D eigenvalue weighted by atomic mass is 10.0. The lowest BCUT2D eigenvalue weighted by Gasteiger charge is -2.09. The number of alkyl halides is 2. The number of hydrogen-bond acceptors (Lipinski definition) is 2. The van der Waals surface area contributed by atoms with E-state index in [4.69, 9.17) is 23.2 Å². The summed E-state index contributed by atoms with van der Waals surface area (Å²) in [5.41, 5.74) is 3.98. The summed E-state index contributed by atoms with van der Waals surface area (Å²) >= 11 is 11.9. The van der Waals surface area contributed by atoms with E-state index in [1.165, 1.54) is 0 Å². The number of carbonyl (C=O) groups excluding carboxylic acids is 2. The van der Waals surface area contributed by atoms with Crippen molar-refractivity contribution in [2.45, 2.75) is 37.4 Å². The van der Waals surface area contributed by atoms with Crippen molar-refractivity contribution in [1.82, 2.24) is 0 Å². The topological polar surface area (TPSA) is 58.2 Å². The number of amides is 2. The third-order valence-corrected chi connectivity index (χ3v) is 6.66. The van der Waals surface area contributed by atoms with Crippen LogP contribution in [0.15, 0.2) is 48.5 Å². The Morgan fingerprint density at radius 1 is 0.828 bits per heavy atom. The van der Waals surface area contributed by atoms with E-state index in [0.29, 0.717) is 6.42 Å². The molecule has 29 heavy (non-hydrogen) atoms. The zero-order chi connectivity index (χ0) is 20.8. The Kier molecular flexibility index (Phi) is 5.12. The number of rotatable bonds is 6. The molecule has 2 aromatic rings. The van der Waals surface area contributed by atoms with Crippen LogP contribution >= 0.6 is 23.2 Å². The van der Waals surface area contributed by atoms with Crippen molar-refractivity contribution in [1.29, 1.82) is 0 Å². The molecule has 2 unspecified atom stereocenters. The van der Waals surface area contributed by atoms with Crippen LogP contribution in [-0.2, 0) is 16.0 Å². The Labute approximate surface area is 181 Å². The molecule has 2 N–H and O–H groups in total. The van der Waals surface area contributed by atoms with Crippen molar-refractivity contribution in [3.8, 4) is 0 Å². The largest absolute Gasteiger partial charge is 0.326 e. The van der Waals surface area contributed by atoms with Gasteiger partial charge in [0.2, 0.25) is 11.8 Å². The highest BCUT2D eigenvalue weighted by molar-refractivity contribution is 6.52. The van der Waals surface area contributed by atoms with E-state index in [2.05, 4.69) is 24.5 Å². The SMILES string of the molecule is CC1(C)CC1C(=O)Nc1ccc(Cc2ccc(NC(=O)C3CC3(Cl)Cl)cc2)cc1. The number of hydrogen-bond donors (Lipinski definition) is 2. The van der Waals surface area contributed by atoms with Gasteiger partial charge in [0.05, 0.1) is 5.92 Å². The smallest absolute Gasteiger partial charge is 0.230 e. The maximum atomic E-state index is 12.2. The Bertz CT molecular complexity index is 859. The summed E-state index contributed by atoms with van der Waals surface area (Å²) in [6.07, 6.45) is 2.22. The van der Waals surface area contributed by atoms with Gasteiger partial charge in [0.25, 0.3) is 0 Å². The summed E-state index contributed by atoms with van der Waals surface area (Å²) in [7, 11) is 0. The van der Waals surface area contributed by atoms with Gasteiger partial charge in [-0.25, -0.2) is 0 Å². The molecule has 2 aliphatic rings. The van der Waals surface area contributed by atoms with E-state index in [0.717, 1.165) is 35.3 Å². The fraction of sp³-hybridized carbons (Fsp3) is 0.391. The molecule has 2 fully saturated rings. The summed E-state index contributed by atoms with van der Waals surface area (Å²) in [6, 6.07) is 15.7. The van der Waals surface area contributed by atoms with Crippen molar-refractivity contribution in [2.75, 3.05) is 10.6 Å². The highest BCUT2D eigenvalue weighted by Gasteiger charge is 2.56. The lowest BCUT2D eigenvalue weighted by Crippen LogP contribution is -2.16. The minimum absolute atomic E-state index is 0.104. The first kappa shape index (κ1) is 20.2. The third-order valence-electron chi connectivity index (χ3n) is 5.82. The van der Waals surface area contributed by atoms with Crippen LogP contribution in [-0.4, -0.2) is 16.1 Å². The number of halogens is 2. The van der Waals surface area contributed by atoms with Gasteiger partial charge in [-0.05, 0) is 60.1 Å². The normalized spacial score (nSPS) is 23.2. The molecule has 2 amide bonds. The monoisotopic (exact) mass is 430 g/mol. The van der Waals surface area contributed by atoms with E-state index in [1.54, 1.807) is 0 Å². The summed E-state index contributed by atoms with van der Waals surface area (Å²) in [5, 5.41) is 5.85. The number of nitrogens with one attached hydrogen (secondary N) is 2. The zero-order valence-electron chi connectivity index (χ0n) is 16.5. The molecule has 0 radical (unpaired) electrons. The molecule has 0 saturated heterocycles. The second kappa shape index (κ2) is 7.33. The average molecular weight is 431 g/mol. The second-order valence-corrected chi connectivity index (χ2v) is 10.4. The molecule has 0 aliphatic heterocycles. The van der Waals surface area contributed by atoms with Gasteiger partial charge in [0, 0.05) is 17.3 Å². The quantitative estimate of drug-likeness (QED) is 0.603. The number of anilines is 2. The summed E-state index contributed by atoms with van der Waals surface area (Å²) < 4.78 is -0.912. The van der Waals surface area contributed by atoms with Crippen LogP contribution in [0.2, 0.25) is 0 Å². The number of benzene rings is 2. The van der Waals surface area contributed by atoms with E-state index < -0.39 is 4.33 Å². The zero-order valence-corrected chi connectivity index (χ0v) is 18.0. The highest BCUT2D eigenvalue weighted by atomic mass is 35.5. The Balaban J connectivity index is 1.30. The first-order chi connectivity index (χ1) is 13.6. The lowest BCUT2D eigenvalue weighted by molar-refractivity contribution is -0.118. The van der Waals surface area contributed by atoms with Crippen LogP contribution in [0, 0.1) is 17.3 Å². The maximum Gasteiger partial charge on any atom is 0.230 e. The molecular weight excluding hydrogens is 407 g/mol. The van der Waals surface area contributed by atoms with Crippen LogP contribution in [0.1, 0.15) is 37.8 Å². The van der Waals surface area contributed by atoms with E-state index in [9.17, 15) is 9.59 Å². The third kappa shape index (κ3) is 4.76. The molecule has 2 aromatic carbocycles. The summed E-state index contributed by atoms with van der Waals surface area (Å²) in [5.74, 6) is -0.260. The van der Waals surface area contributed by atoms with Gasteiger partial charge in [0.15, 0.2) is 0 Å². The molecule has 4 nitrogen and oxygen atoms in total. The Morgan fingerprint density at radius 2 is 1.21 bits per heavy atom. The van der Waals surface area contributed by atoms with E-state index in [1.807, 2.05) is 48.5 Å². The molecule has 0 aromatic heterocycles. The molecule has 2 aliphatic carbocycles. The molecular formula is C23H24Cl2N2O2. The van der Waals surface area contributed by atoms with Gasteiger partial charge in [0.1, 0.15) is 4.33 Å². The van der Waals surface area contributed by atoms with Crippen molar-refractivity contribution in [3.63, 3.8) is 0 Å². The standard InChI is InChI=1S/C23H24Cl2N2O2/c1-22(2)12-18(22)20(28)26-16-7-3-14(4-8-16)11-15-5-9-17(10-6-15)27-21(29)19-13-23(19,24)25/h3-10,18-19H,11-13H2,1-2H3,(H,26,28)(H,27,29).